The van der Waals surface area contributed by atoms with Gasteiger partial charge in [-0.1, -0.05) is 0 Å². The molecule has 1 saturated heterocycles. The topological polar surface area (TPSA) is 62.3 Å². The number of anilines is 1. The minimum Gasteiger partial charge on any atom is -0.384 e. The molecule has 0 spiro atoms. The van der Waals surface area contributed by atoms with E-state index in [1.54, 1.807) is 13.0 Å². The lowest BCUT2D eigenvalue weighted by atomic mass is 10.0. The second kappa shape index (κ2) is 5.68. The number of hydrogen-bond acceptors (Lipinski definition) is 4. The lowest BCUT2D eigenvalue weighted by Crippen LogP contribution is -2.51. The molecule has 1 aromatic heterocycles. The third-order valence-electron chi connectivity index (χ3n) is 3.97. The second-order valence-corrected chi connectivity index (χ2v) is 7.88. The average molecular weight is 341 g/mol. The number of benzene rings is 1. The van der Waals surface area contributed by atoms with Gasteiger partial charge in [-0.2, -0.15) is 0 Å². The number of fused-ring (bicyclic) bond motifs is 1. The molecule has 2 aromatic rings. The van der Waals surface area contributed by atoms with E-state index in [2.05, 4.69) is 10.3 Å². The van der Waals surface area contributed by atoms with Crippen LogP contribution in [0, 0.1) is 24.5 Å². The molecule has 0 saturated carbocycles. The number of aryl methyl sites for hydroxylation is 1. The van der Waals surface area contributed by atoms with E-state index in [1.165, 1.54) is 16.6 Å². The van der Waals surface area contributed by atoms with E-state index in [1.807, 2.05) is 0 Å². The first kappa shape index (κ1) is 16.1. The second-order valence-electron chi connectivity index (χ2n) is 5.90. The zero-order chi connectivity index (χ0) is 16.8. The first-order valence-corrected chi connectivity index (χ1v) is 9.05. The molecule has 0 atom stereocenters. The van der Waals surface area contributed by atoms with Gasteiger partial charge in [0.2, 0.25) is 10.0 Å². The first-order valence-electron chi connectivity index (χ1n) is 7.20. The van der Waals surface area contributed by atoms with Gasteiger partial charge in [0.1, 0.15) is 5.52 Å². The van der Waals surface area contributed by atoms with E-state index in [0.717, 1.165) is 6.07 Å². The predicted molar refractivity (Wildman–Crippen MR) is 84.8 cm³/mol. The molecule has 124 valence electrons. The molecule has 1 aromatic carbocycles. The van der Waals surface area contributed by atoms with Crippen molar-refractivity contribution in [3.8, 4) is 0 Å². The van der Waals surface area contributed by atoms with E-state index >= 15 is 0 Å². The molecule has 0 amide bonds. The van der Waals surface area contributed by atoms with Crippen LogP contribution in [0.3, 0.4) is 0 Å². The maximum atomic E-state index is 13.9. The van der Waals surface area contributed by atoms with Gasteiger partial charge >= 0.3 is 0 Å². The van der Waals surface area contributed by atoms with Crippen molar-refractivity contribution in [1.82, 2.24) is 9.29 Å². The summed E-state index contributed by atoms with van der Waals surface area (Å²) in [4.78, 5) is 4.06. The van der Waals surface area contributed by atoms with Crippen molar-refractivity contribution in [2.75, 3.05) is 31.2 Å². The van der Waals surface area contributed by atoms with E-state index in [0.29, 0.717) is 36.4 Å². The quantitative estimate of drug-likeness (QED) is 0.925. The Labute approximate surface area is 133 Å². The zero-order valence-electron chi connectivity index (χ0n) is 12.8. The van der Waals surface area contributed by atoms with Gasteiger partial charge in [-0.25, -0.2) is 26.5 Å². The standard InChI is InChI=1S/C15H17F2N3O2S/c1-9-5-13(11-3-4-12(16)14(17)15(11)19-9)18-6-10-7-20(8-10)23(2,21)22/h3-5,10H,6-8H2,1-2H3,(H,18,19). The van der Waals surface area contributed by atoms with Gasteiger partial charge < -0.3 is 5.32 Å². The molecule has 1 N–H and O–H groups in total. The number of rotatable bonds is 4. The van der Waals surface area contributed by atoms with Crippen molar-refractivity contribution in [3.05, 3.63) is 35.5 Å². The highest BCUT2D eigenvalue weighted by atomic mass is 32.2. The van der Waals surface area contributed by atoms with Crippen LogP contribution in [0.1, 0.15) is 5.69 Å². The molecule has 0 aliphatic carbocycles. The maximum absolute atomic E-state index is 13.9. The summed E-state index contributed by atoms with van der Waals surface area (Å²) in [6.07, 6.45) is 1.19. The van der Waals surface area contributed by atoms with E-state index in [9.17, 15) is 17.2 Å². The molecule has 0 radical (unpaired) electrons. The van der Waals surface area contributed by atoms with Crippen LogP contribution in [0.15, 0.2) is 18.2 Å². The molecule has 1 aliphatic rings. The Balaban J connectivity index is 1.78. The van der Waals surface area contributed by atoms with Gasteiger partial charge in [-0.3, -0.25) is 0 Å². The average Bonchev–Trinajstić information content (AvgIpc) is 2.40. The van der Waals surface area contributed by atoms with Crippen molar-refractivity contribution < 1.29 is 17.2 Å². The lowest BCUT2D eigenvalue weighted by Gasteiger charge is -2.37. The van der Waals surface area contributed by atoms with Gasteiger partial charge in [-0.15, -0.1) is 0 Å². The number of sulfonamides is 1. The molecule has 8 heteroatoms. The van der Waals surface area contributed by atoms with Gasteiger partial charge in [0.15, 0.2) is 11.6 Å². The summed E-state index contributed by atoms with van der Waals surface area (Å²) in [6.45, 7) is 3.21. The monoisotopic (exact) mass is 341 g/mol. The molecule has 2 heterocycles. The minimum absolute atomic E-state index is 0.00104. The van der Waals surface area contributed by atoms with Crippen LogP contribution >= 0.6 is 0 Å². The van der Waals surface area contributed by atoms with Crippen molar-refractivity contribution in [3.63, 3.8) is 0 Å². The molecular formula is C15H17F2N3O2S. The SMILES string of the molecule is Cc1cc(NCC2CN(S(C)(=O)=O)C2)c2ccc(F)c(F)c2n1. The summed E-state index contributed by atoms with van der Waals surface area (Å²) in [5, 5.41) is 3.71. The molecule has 0 bridgehead atoms. The van der Waals surface area contributed by atoms with Gasteiger partial charge in [0.25, 0.3) is 0 Å². The summed E-state index contributed by atoms with van der Waals surface area (Å²) in [5.74, 6) is -1.69. The molecule has 5 nitrogen and oxygen atoms in total. The highest BCUT2D eigenvalue weighted by Crippen LogP contribution is 2.27. The van der Waals surface area contributed by atoms with E-state index in [4.69, 9.17) is 0 Å². The summed E-state index contributed by atoms with van der Waals surface area (Å²) < 4.78 is 51.3. The fourth-order valence-electron chi connectivity index (χ4n) is 2.68. The third-order valence-corrected chi connectivity index (χ3v) is 5.21. The summed E-state index contributed by atoms with van der Waals surface area (Å²) in [7, 11) is -3.13. The molecule has 1 aliphatic heterocycles. The minimum atomic E-state index is -3.13. The van der Waals surface area contributed by atoms with E-state index in [-0.39, 0.29) is 11.4 Å². The van der Waals surface area contributed by atoms with Crippen LogP contribution in [0.5, 0.6) is 0 Å². The third kappa shape index (κ3) is 3.13. The van der Waals surface area contributed by atoms with Gasteiger partial charge in [0, 0.05) is 42.3 Å². The van der Waals surface area contributed by atoms with Crippen LogP contribution in [0.4, 0.5) is 14.5 Å². The van der Waals surface area contributed by atoms with Crippen LogP contribution in [0.25, 0.3) is 10.9 Å². The molecular weight excluding hydrogens is 324 g/mol. The summed E-state index contributed by atoms with van der Waals surface area (Å²) in [6, 6.07) is 4.34. The highest BCUT2D eigenvalue weighted by molar-refractivity contribution is 7.88. The normalized spacial score (nSPS) is 16.5. The summed E-state index contributed by atoms with van der Waals surface area (Å²) in [5.41, 5.74) is 1.25. The number of pyridine rings is 1. The van der Waals surface area contributed by atoms with Crippen LogP contribution in [-0.4, -0.2) is 43.6 Å². The largest absolute Gasteiger partial charge is 0.384 e. The highest BCUT2D eigenvalue weighted by Gasteiger charge is 2.32. The Morgan fingerprint density at radius 2 is 2.04 bits per heavy atom. The maximum Gasteiger partial charge on any atom is 0.211 e. The number of nitrogens with zero attached hydrogens (tertiary/aromatic N) is 2. The Morgan fingerprint density at radius 3 is 2.70 bits per heavy atom. The number of nitrogens with one attached hydrogen (secondary N) is 1. The molecule has 3 rings (SSSR count). The summed E-state index contributed by atoms with van der Waals surface area (Å²) >= 11 is 0. The lowest BCUT2D eigenvalue weighted by molar-refractivity contribution is 0.213. The Hall–Kier alpha value is -1.80. The number of hydrogen-bond donors (Lipinski definition) is 1. The predicted octanol–water partition coefficient (Wildman–Crippen LogP) is 2.12. The van der Waals surface area contributed by atoms with Crippen molar-refractivity contribution in [2.45, 2.75) is 6.92 Å². The molecule has 0 unspecified atom stereocenters. The number of aromatic nitrogens is 1. The Morgan fingerprint density at radius 1 is 1.35 bits per heavy atom. The molecule has 23 heavy (non-hydrogen) atoms. The Bertz CT molecular complexity index is 865. The fourth-order valence-corrected chi connectivity index (χ4v) is 3.65. The van der Waals surface area contributed by atoms with Crippen molar-refractivity contribution in [1.29, 1.82) is 0 Å². The Kier molecular flexibility index (Phi) is 3.97. The van der Waals surface area contributed by atoms with Gasteiger partial charge in [0.05, 0.1) is 6.26 Å². The smallest absolute Gasteiger partial charge is 0.211 e. The molecule has 1 fully saturated rings. The van der Waals surface area contributed by atoms with Crippen molar-refractivity contribution in [2.24, 2.45) is 5.92 Å². The van der Waals surface area contributed by atoms with Crippen LogP contribution in [0.2, 0.25) is 0 Å². The number of halogens is 2. The van der Waals surface area contributed by atoms with Crippen LogP contribution < -0.4 is 5.32 Å². The van der Waals surface area contributed by atoms with Gasteiger partial charge in [-0.05, 0) is 25.1 Å². The van der Waals surface area contributed by atoms with Crippen molar-refractivity contribution >= 4 is 26.6 Å². The van der Waals surface area contributed by atoms with E-state index < -0.39 is 21.7 Å². The first-order chi connectivity index (χ1) is 10.8. The fraction of sp³-hybridized carbons (Fsp3) is 0.400. The van der Waals surface area contributed by atoms with Crippen LogP contribution in [-0.2, 0) is 10.0 Å². The zero-order valence-corrected chi connectivity index (χ0v) is 13.6.